The summed E-state index contributed by atoms with van der Waals surface area (Å²) in [5, 5.41) is 9.40. The van der Waals surface area contributed by atoms with E-state index in [1.807, 2.05) is 6.92 Å². The van der Waals surface area contributed by atoms with Gasteiger partial charge in [-0.25, -0.2) is 0 Å². The van der Waals surface area contributed by atoms with E-state index in [2.05, 4.69) is 6.92 Å². The zero-order valence-corrected chi connectivity index (χ0v) is 8.62. The second-order valence-electron chi connectivity index (χ2n) is 4.28. The lowest BCUT2D eigenvalue weighted by molar-refractivity contribution is -0.132. The number of ketones is 1. The van der Waals surface area contributed by atoms with Crippen LogP contribution in [0.3, 0.4) is 0 Å². The van der Waals surface area contributed by atoms with Crippen molar-refractivity contribution < 1.29 is 9.90 Å². The van der Waals surface area contributed by atoms with Crippen molar-refractivity contribution in [3.63, 3.8) is 0 Å². The van der Waals surface area contributed by atoms with Crippen molar-refractivity contribution in [3.05, 3.63) is 0 Å². The average molecular weight is 184 g/mol. The Labute approximate surface area is 80.3 Å². The van der Waals surface area contributed by atoms with Crippen LogP contribution < -0.4 is 0 Å². The van der Waals surface area contributed by atoms with Crippen LogP contribution in [0, 0.1) is 11.8 Å². The Morgan fingerprint density at radius 1 is 1.38 bits per heavy atom. The molecule has 0 aliphatic heterocycles. The van der Waals surface area contributed by atoms with Crippen molar-refractivity contribution >= 4 is 5.78 Å². The van der Waals surface area contributed by atoms with Crippen LogP contribution in [0.2, 0.25) is 0 Å². The number of hydrogen-bond acceptors (Lipinski definition) is 2. The molecule has 2 heteroatoms. The largest absolute Gasteiger partial charge is 0.385 e. The first-order chi connectivity index (χ1) is 6.15. The predicted octanol–water partition coefficient (Wildman–Crippen LogP) is 2.15. The maximum Gasteiger partial charge on any atom is 0.164 e. The van der Waals surface area contributed by atoms with Gasteiger partial charge in [0, 0.05) is 5.92 Å². The van der Waals surface area contributed by atoms with Crippen molar-refractivity contribution in [2.75, 3.05) is 0 Å². The molecule has 0 saturated heterocycles. The summed E-state index contributed by atoms with van der Waals surface area (Å²) in [4.78, 5) is 11.6. The number of aliphatic hydroxyl groups excluding tert-OH is 1. The molecule has 0 aromatic rings. The van der Waals surface area contributed by atoms with Crippen molar-refractivity contribution in [1.29, 1.82) is 0 Å². The molecule has 1 saturated carbocycles. The molecule has 0 radical (unpaired) electrons. The lowest BCUT2D eigenvalue weighted by Crippen LogP contribution is -2.30. The van der Waals surface area contributed by atoms with Crippen LogP contribution in [-0.4, -0.2) is 17.0 Å². The Balaban J connectivity index is 2.40. The highest BCUT2D eigenvalue weighted by Gasteiger charge is 2.27. The van der Waals surface area contributed by atoms with E-state index >= 15 is 0 Å². The third kappa shape index (κ3) is 2.80. The van der Waals surface area contributed by atoms with E-state index in [-0.39, 0.29) is 11.7 Å². The molecule has 0 amide bonds. The topological polar surface area (TPSA) is 37.3 Å². The first kappa shape index (κ1) is 10.7. The molecule has 1 atom stereocenters. The predicted molar refractivity (Wildman–Crippen MR) is 52.4 cm³/mol. The van der Waals surface area contributed by atoms with Gasteiger partial charge in [0.1, 0.15) is 6.10 Å². The van der Waals surface area contributed by atoms with Gasteiger partial charge in [-0.05, 0) is 25.2 Å². The Morgan fingerprint density at radius 3 is 2.38 bits per heavy atom. The average Bonchev–Trinajstić information content (AvgIpc) is 2.17. The van der Waals surface area contributed by atoms with Crippen LogP contribution >= 0.6 is 0 Å². The molecule has 0 bridgehead atoms. The smallest absolute Gasteiger partial charge is 0.164 e. The highest BCUT2D eigenvalue weighted by Crippen LogP contribution is 2.29. The van der Waals surface area contributed by atoms with Crippen LogP contribution in [0.15, 0.2) is 0 Å². The van der Waals surface area contributed by atoms with Crippen LogP contribution in [0.1, 0.15) is 46.0 Å². The van der Waals surface area contributed by atoms with E-state index in [1.54, 1.807) is 0 Å². The SMILES string of the molecule is CCC(O)C(=O)C1CCC(C)CC1. The number of carbonyl (C=O) groups excluding carboxylic acids is 1. The van der Waals surface area contributed by atoms with Crippen molar-refractivity contribution in [2.24, 2.45) is 11.8 Å². The minimum absolute atomic E-state index is 0.0781. The van der Waals surface area contributed by atoms with Crippen molar-refractivity contribution in [2.45, 2.75) is 52.1 Å². The summed E-state index contributed by atoms with van der Waals surface area (Å²) >= 11 is 0. The van der Waals surface area contributed by atoms with Gasteiger partial charge in [-0.1, -0.05) is 26.7 Å². The van der Waals surface area contributed by atoms with Crippen LogP contribution in [0.5, 0.6) is 0 Å². The summed E-state index contributed by atoms with van der Waals surface area (Å²) in [6.45, 7) is 4.09. The molecule has 0 aromatic carbocycles. The third-order valence-corrected chi connectivity index (χ3v) is 3.13. The molecule has 1 unspecified atom stereocenters. The molecule has 1 aliphatic rings. The Morgan fingerprint density at radius 2 is 1.92 bits per heavy atom. The van der Waals surface area contributed by atoms with E-state index in [9.17, 15) is 9.90 Å². The zero-order valence-electron chi connectivity index (χ0n) is 8.62. The van der Waals surface area contributed by atoms with Gasteiger partial charge in [-0.2, -0.15) is 0 Å². The fourth-order valence-electron chi connectivity index (χ4n) is 2.02. The minimum Gasteiger partial charge on any atom is -0.385 e. The lowest BCUT2D eigenvalue weighted by atomic mass is 9.79. The Kier molecular flexibility index (Phi) is 3.91. The van der Waals surface area contributed by atoms with Crippen LogP contribution in [-0.2, 0) is 4.79 Å². The van der Waals surface area contributed by atoms with Gasteiger partial charge in [-0.15, -0.1) is 0 Å². The zero-order chi connectivity index (χ0) is 9.84. The van der Waals surface area contributed by atoms with Gasteiger partial charge in [0.2, 0.25) is 0 Å². The molecule has 1 aliphatic carbocycles. The number of hydrogen-bond donors (Lipinski definition) is 1. The van der Waals surface area contributed by atoms with E-state index in [4.69, 9.17) is 0 Å². The first-order valence-corrected chi connectivity index (χ1v) is 5.37. The molecule has 0 heterocycles. The molecule has 13 heavy (non-hydrogen) atoms. The molecule has 76 valence electrons. The van der Waals surface area contributed by atoms with Gasteiger partial charge >= 0.3 is 0 Å². The van der Waals surface area contributed by atoms with Crippen molar-refractivity contribution in [3.8, 4) is 0 Å². The van der Waals surface area contributed by atoms with Crippen LogP contribution in [0.25, 0.3) is 0 Å². The monoisotopic (exact) mass is 184 g/mol. The molecule has 0 spiro atoms. The number of rotatable bonds is 3. The maximum atomic E-state index is 11.6. The summed E-state index contributed by atoms with van der Waals surface area (Å²) in [6.07, 6.45) is 4.11. The Bertz CT molecular complexity index is 169. The summed E-state index contributed by atoms with van der Waals surface area (Å²) in [5.41, 5.74) is 0. The van der Waals surface area contributed by atoms with Crippen molar-refractivity contribution in [1.82, 2.24) is 0 Å². The lowest BCUT2D eigenvalue weighted by Gasteiger charge is -2.26. The fourth-order valence-corrected chi connectivity index (χ4v) is 2.02. The normalized spacial score (nSPS) is 31.3. The third-order valence-electron chi connectivity index (χ3n) is 3.13. The maximum absolute atomic E-state index is 11.6. The molecule has 1 N–H and O–H groups in total. The molecule has 1 fully saturated rings. The molecule has 2 nitrogen and oxygen atoms in total. The number of aliphatic hydroxyl groups is 1. The summed E-state index contributed by atoms with van der Waals surface area (Å²) in [7, 11) is 0. The second kappa shape index (κ2) is 4.75. The number of carbonyl (C=O) groups is 1. The minimum atomic E-state index is -0.710. The van der Waals surface area contributed by atoms with Gasteiger partial charge in [0.15, 0.2) is 5.78 Å². The van der Waals surface area contributed by atoms with Gasteiger partial charge < -0.3 is 5.11 Å². The highest BCUT2D eigenvalue weighted by atomic mass is 16.3. The van der Waals surface area contributed by atoms with Gasteiger partial charge in [0.05, 0.1) is 0 Å². The van der Waals surface area contributed by atoms with E-state index < -0.39 is 6.10 Å². The van der Waals surface area contributed by atoms with E-state index in [0.29, 0.717) is 6.42 Å². The van der Waals surface area contributed by atoms with E-state index in [1.165, 1.54) is 0 Å². The molecular formula is C11H20O2. The standard InChI is InChI=1S/C11H20O2/c1-3-10(12)11(13)9-6-4-8(2)5-7-9/h8-10,12H,3-7H2,1-2H3. The second-order valence-corrected chi connectivity index (χ2v) is 4.28. The summed E-state index contributed by atoms with van der Waals surface area (Å²) in [6, 6.07) is 0. The molecule has 1 rings (SSSR count). The summed E-state index contributed by atoms with van der Waals surface area (Å²) in [5.74, 6) is 0.989. The quantitative estimate of drug-likeness (QED) is 0.729. The highest BCUT2D eigenvalue weighted by molar-refractivity contribution is 5.85. The number of Topliss-reactive ketones (excluding diaryl/α,β-unsaturated/α-hetero) is 1. The van der Waals surface area contributed by atoms with Gasteiger partial charge in [-0.3, -0.25) is 4.79 Å². The first-order valence-electron chi connectivity index (χ1n) is 5.37. The van der Waals surface area contributed by atoms with Gasteiger partial charge in [0.25, 0.3) is 0 Å². The summed E-state index contributed by atoms with van der Waals surface area (Å²) < 4.78 is 0. The molecule has 0 aromatic heterocycles. The van der Waals surface area contributed by atoms with Crippen LogP contribution in [0.4, 0.5) is 0 Å². The fraction of sp³-hybridized carbons (Fsp3) is 0.909. The Hall–Kier alpha value is -0.370. The molecular weight excluding hydrogens is 164 g/mol. The van der Waals surface area contributed by atoms with E-state index in [0.717, 1.165) is 31.6 Å².